The lowest BCUT2D eigenvalue weighted by Gasteiger charge is -2.13. The first kappa shape index (κ1) is 17.4. The average Bonchev–Trinajstić information content (AvgIpc) is 2.84. The van der Waals surface area contributed by atoms with E-state index in [9.17, 15) is 0 Å². The van der Waals surface area contributed by atoms with E-state index >= 15 is 0 Å². The lowest BCUT2D eigenvalue weighted by molar-refractivity contribution is 0.368. The summed E-state index contributed by atoms with van der Waals surface area (Å²) in [5, 5.41) is 0. The molecule has 1 fully saturated rings. The van der Waals surface area contributed by atoms with Crippen molar-refractivity contribution in [3.63, 3.8) is 0 Å². The molecule has 0 bridgehead atoms. The van der Waals surface area contributed by atoms with E-state index in [1.807, 2.05) is 13.8 Å². The number of hydrogen-bond donors (Lipinski definition) is 0. The van der Waals surface area contributed by atoms with Crippen molar-refractivity contribution >= 4 is 0 Å². The van der Waals surface area contributed by atoms with Gasteiger partial charge in [0.25, 0.3) is 0 Å². The van der Waals surface area contributed by atoms with Gasteiger partial charge in [0, 0.05) is 6.54 Å². The fourth-order valence-electron chi connectivity index (χ4n) is 1.61. The lowest BCUT2D eigenvalue weighted by atomic mass is 10.2. The Labute approximate surface area is 102 Å². The fourth-order valence-corrected chi connectivity index (χ4v) is 1.61. The summed E-state index contributed by atoms with van der Waals surface area (Å²) in [6.45, 7) is 12.0. The highest BCUT2D eigenvalue weighted by Gasteiger charge is 2.10. The quantitative estimate of drug-likeness (QED) is 0.516. The molecule has 0 aliphatic carbocycles. The van der Waals surface area contributed by atoms with Crippen LogP contribution >= 0.6 is 0 Å². The Morgan fingerprint density at radius 1 is 1.19 bits per heavy atom. The molecule has 0 unspecified atom stereocenters. The Morgan fingerprint density at radius 3 is 2.12 bits per heavy atom. The Bertz CT molecular complexity index is 205. The second kappa shape index (κ2) is 14.0. The maximum absolute atomic E-state index is 4.00. The molecule has 0 aromatic carbocycles. The molecule has 1 aliphatic rings. The summed E-state index contributed by atoms with van der Waals surface area (Å²) in [7, 11) is 0. The van der Waals surface area contributed by atoms with Crippen LogP contribution < -0.4 is 0 Å². The number of terminal acetylenes is 1. The van der Waals surface area contributed by atoms with Crippen molar-refractivity contribution in [1.82, 2.24) is 4.90 Å². The number of rotatable bonds is 3. The highest BCUT2D eigenvalue weighted by molar-refractivity contribution is 5.11. The topological polar surface area (TPSA) is 3.24 Å². The minimum Gasteiger partial charge on any atom is -0.299 e. The molecule has 1 aliphatic heterocycles. The molecular weight excluding hydrogens is 194 g/mol. The van der Waals surface area contributed by atoms with E-state index in [1.54, 1.807) is 0 Å². The largest absolute Gasteiger partial charge is 0.299 e. The zero-order valence-electron chi connectivity index (χ0n) is 11.4. The summed E-state index contributed by atoms with van der Waals surface area (Å²) in [6, 6.07) is 0. The van der Waals surface area contributed by atoms with E-state index < -0.39 is 0 Å². The maximum atomic E-state index is 4.00. The molecule has 0 radical (unpaired) electrons. The number of nitrogens with zero attached hydrogens (tertiary/aromatic N) is 1. The first-order valence-corrected chi connectivity index (χ1v) is 6.17. The third-order valence-corrected chi connectivity index (χ3v) is 2.24. The first-order valence-electron chi connectivity index (χ1n) is 6.17. The van der Waals surface area contributed by atoms with Gasteiger partial charge in [-0.05, 0) is 39.8 Å². The molecule has 1 saturated heterocycles. The first-order chi connectivity index (χ1) is 7.83. The van der Waals surface area contributed by atoms with Gasteiger partial charge in [0.05, 0.1) is 0 Å². The molecule has 1 rings (SSSR count). The normalized spacial score (nSPS) is 16.2. The number of allylic oxidation sites excluding steroid dienone is 3. The Balaban J connectivity index is 0. The van der Waals surface area contributed by atoms with Crippen molar-refractivity contribution in [2.75, 3.05) is 19.6 Å². The van der Waals surface area contributed by atoms with Gasteiger partial charge in [-0.3, -0.25) is 4.90 Å². The third-order valence-electron chi connectivity index (χ3n) is 2.24. The van der Waals surface area contributed by atoms with Crippen molar-refractivity contribution < 1.29 is 0 Å². The van der Waals surface area contributed by atoms with Crippen LogP contribution in [0, 0.1) is 12.8 Å². The zero-order chi connectivity index (χ0) is 12.8. The second-order valence-corrected chi connectivity index (χ2v) is 3.52. The molecule has 0 aromatic heterocycles. The van der Waals surface area contributed by atoms with Gasteiger partial charge >= 0.3 is 0 Å². The molecule has 0 N–H and O–H groups in total. The van der Waals surface area contributed by atoms with Crippen molar-refractivity contribution in [3.05, 3.63) is 23.8 Å². The van der Waals surface area contributed by atoms with E-state index in [1.165, 1.54) is 31.5 Å². The predicted octanol–water partition coefficient (Wildman–Crippen LogP) is 3.88. The van der Waals surface area contributed by atoms with Crippen LogP contribution in [-0.4, -0.2) is 24.5 Å². The van der Waals surface area contributed by atoms with Gasteiger partial charge in [0.1, 0.15) is 0 Å². The fraction of sp³-hybridized carbons (Fsp3) is 0.600. The van der Waals surface area contributed by atoms with Gasteiger partial charge in [0.2, 0.25) is 0 Å². The average molecular weight is 221 g/mol. The molecule has 0 saturated carbocycles. The van der Waals surface area contributed by atoms with Gasteiger partial charge in [0.15, 0.2) is 0 Å². The summed E-state index contributed by atoms with van der Waals surface area (Å²) in [5.74, 6) is 0. The third kappa shape index (κ3) is 9.55. The molecule has 16 heavy (non-hydrogen) atoms. The Kier molecular flexibility index (Phi) is 15.2. The van der Waals surface area contributed by atoms with Gasteiger partial charge in [-0.2, -0.15) is 0 Å². The summed E-state index contributed by atoms with van der Waals surface area (Å²) in [6.07, 6.45) is 17.2. The van der Waals surface area contributed by atoms with Crippen molar-refractivity contribution in [3.8, 4) is 12.8 Å². The van der Waals surface area contributed by atoms with E-state index in [0.29, 0.717) is 0 Å². The van der Waals surface area contributed by atoms with Crippen molar-refractivity contribution in [2.24, 2.45) is 0 Å². The van der Waals surface area contributed by atoms with Gasteiger partial charge in [-0.15, -0.1) is 12.8 Å². The summed E-state index contributed by atoms with van der Waals surface area (Å²) < 4.78 is 0. The van der Waals surface area contributed by atoms with E-state index in [4.69, 9.17) is 0 Å². The SMILES string of the molecule is C#C.C/C=C\C=C(\C)CN1CCCC1.CC. The maximum Gasteiger partial charge on any atom is 0.0193 e. The predicted molar refractivity (Wildman–Crippen MR) is 75.5 cm³/mol. The molecule has 1 heteroatoms. The molecule has 0 amide bonds. The van der Waals surface area contributed by atoms with Gasteiger partial charge in [-0.25, -0.2) is 0 Å². The highest BCUT2D eigenvalue weighted by Crippen LogP contribution is 2.09. The lowest BCUT2D eigenvalue weighted by Crippen LogP contribution is -2.20. The van der Waals surface area contributed by atoms with Crippen LogP contribution in [0.15, 0.2) is 23.8 Å². The van der Waals surface area contributed by atoms with Crippen LogP contribution in [0.3, 0.4) is 0 Å². The highest BCUT2D eigenvalue weighted by atomic mass is 15.1. The van der Waals surface area contributed by atoms with Crippen molar-refractivity contribution in [1.29, 1.82) is 0 Å². The van der Waals surface area contributed by atoms with Crippen LogP contribution in [-0.2, 0) is 0 Å². The van der Waals surface area contributed by atoms with E-state index in [2.05, 4.69) is 49.8 Å². The van der Waals surface area contributed by atoms with Crippen LogP contribution in [0.25, 0.3) is 0 Å². The molecule has 0 aromatic rings. The Hall–Kier alpha value is -1.00. The van der Waals surface area contributed by atoms with Crippen LogP contribution in [0.1, 0.15) is 40.5 Å². The number of hydrogen-bond acceptors (Lipinski definition) is 1. The Morgan fingerprint density at radius 2 is 1.69 bits per heavy atom. The van der Waals surface area contributed by atoms with E-state index in [0.717, 1.165) is 6.54 Å². The van der Waals surface area contributed by atoms with Gasteiger partial charge in [-0.1, -0.05) is 37.6 Å². The minimum atomic E-state index is 1.16. The zero-order valence-corrected chi connectivity index (χ0v) is 11.4. The summed E-state index contributed by atoms with van der Waals surface area (Å²) >= 11 is 0. The molecule has 0 atom stereocenters. The number of likely N-dealkylation sites (tertiary alicyclic amines) is 1. The van der Waals surface area contributed by atoms with E-state index in [-0.39, 0.29) is 0 Å². The minimum absolute atomic E-state index is 1.16. The summed E-state index contributed by atoms with van der Waals surface area (Å²) in [4.78, 5) is 2.52. The standard InChI is InChI=1S/C11H19N.C2H6.C2H2/c1-3-4-7-11(2)10-12-8-5-6-9-12;2*1-2/h3-4,7H,5-6,8-10H2,1-2H3;1-2H3;1-2H/b4-3-,11-7-;;. The molecule has 92 valence electrons. The monoisotopic (exact) mass is 221 g/mol. The van der Waals surface area contributed by atoms with Gasteiger partial charge < -0.3 is 0 Å². The molecule has 1 heterocycles. The van der Waals surface area contributed by atoms with Crippen LogP contribution in [0.4, 0.5) is 0 Å². The summed E-state index contributed by atoms with van der Waals surface area (Å²) in [5.41, 5.74) is 1.47. The second-order valence-electron chi connectivity index (χ2n) is 3.52. The van der Waals surface area contributed by atoms with Crippen molar-refractivity contribution in [2.45, 2.75) is 40.5 Å². The smallest absolute Gasteiger partial charge is 0.0193 e. The van der Waals surface area contributed by atoms with Crippen LogP contribution in [0.2, 0.25) is 0 Å². The molecule has 0 spiro atoms. The van der Waals surface area contributed by atoms with Crippen LogP contribution in [0.5, 0.6) is 0 Å². The molecule has 1 nitrogen and oxygen atoms in total. The molecular formula is C15H27N.